The zero-order chi connectivity index (χ0) is 8.97. The molecule has 1 rings (SSSR count). The maximum atomic E-state index is 9.50. The van der Waals surface area contributed by atoms with Gasteiger partial charge < -0.3 is 5.11 Å². The topological polar surface area (TPSA) is 33.1 Å². The first-order valence-electron chi connectivity index (χ1n) is 3.95. The number of aromatic nitrogens is 1. The summed E-state index contributed by atoms with van der Waals surface area (Å²) in [6.07, 6.45) is 3.51. The van der Waals surface area contributed by atoms with Crippen molar-refractivity contribution < 1.29 is 5.11 Å². The number of rotatable bonds is 3. The van der Waals surface area contributed by atoms with Gasteiger partial charge in [0, 0.05) is 11.9 Å². The summed E-state index contributed by atoms with van der Waals surface area (Å²) in [7, 11) is 0. The van der Waals surface area contributed by atoms with E-state index in [1.807, 2.05) is 19.1 Å². The Morgan fingerprint density at radius 2 is 2.42 bits per heavy atom. The Labute approximate surface area is 72.6 Å². The Morgan fingerprint density at radius 1 is 1.67 bits per heavy atom. The number of hydrogen-bond donors (Lipinski definition) is 1. The van der Waals surface area contributed by atoms with Crippen LogP contribution in [0.2, 0.25) is 0 Å². The fourth-order valence-electron chi connectivity index (χ4n) is 0.970. The maximum absolute atomic E-state index is 9.50. The highest BCUT2D eigenvalue weighted by Crippen LogP contribution is 2.15. The van der Waals surface area contributed by atoms with Crippen molar-refractivity contribution in [2.45, 2.75) is 19.4 Å². The molecule has 1 aromatic rings. The van der Waals surface area contributed by atoms with Gasteiger partial charge in [-0.3, -0.25) is 4.98 Å². The van der Waals surface area contributed by atoms with Crippen LogP contribution in [0, 0.1) is 6.92 Å². The van der Waals surface area contributed by atoms with Crippen molar-refractivity contribution in [2.75, 3.05) is 0 Å². The van der Waals surface area contributed by atoms with Gasteiger partial charge in [-0.1, -0.05) is 12.1 Å². The second-order valence-corrected chi connectivity index (χ2v) is 2.77. The van der Waals surface area contributed by atoms with Gasteiger partial charge in [0.05, 0.1) is 6.10 Å². The molecule has 0 aromatic carbocycles. The molecule has 1 heterocycles. The van der Waals surface area contributed by atoms with Crippen molar-refractivity contribution in [2.24, 2.45) is 0 Å². The van der Waals surface area contributed by atoms with Crippen LogP contribution in [0.3, 0.4) is 0 Å². The predicted molar refractivity (Wildman–Crippen MR) is 48.7 cm³/mol. The Kier molecular flexibility index (Phi) is 3.00. The van der Waals surface area contributed by atoms with Gasteiger partial charge in [-0.05, 0) is 25.0 Å². The van der Waals surface area contributed by atoms with Gasteiger partial charge in [-0.25, -0.2) is 0 Å². The van der Waals surface area contributed by atoms with Crippen molar-refractivity contribution in [1.82, 2.24) is 4.98 Å². The highest BCUT2D eigenvalue weighted by molar-refractivity contribution is 5.16. The summed E-state index contributed by atoms with van der Waals surface area (Å²) in [6, 6.07) is 3.78. The average Bonchev–Trinajstić information content (AvgIpc) is 2.06. The molecule has 0 saturated carbocycles. The van der Waals surface area contributed by atoms with Crippen LogP contribution >= 0.6 is 0 Å². The fraction of sp³-hybridized carbons (Fsp3) is 0.300. The van der Waals surface area contributed by atoms with E-state index in [-0.39, 0.29) is 0 Å². The standard InChI is InChI=1S/C10H13NO/c1-3-4-10(12)9-6-5-8(2)11-7-9/h3,5-7,10,12H,1,4H2,2H3/t10-/m1/s1. The fourth-order valence-corrected chi connectivity index (χ4v) is 0.970. The van der Waals surface area contributed by atoms with Gasteiger partial charge in [0.2, 0.25) is 0 Å². The molecule has 0 radical (unpaired) electrons. The minimum atomic E-state index is -0.462. The number of aryl methyl sites for hydroxylation is 1. The first kappa shape index (κ1) is 8.94. The average molecular weight is 163 g/mol. The molecule has 0 aliphatic carbocycles. The van der Waals surface area contributed by atoms with Gasteiger partial charge >= 0.3 is 0 Å². The summed E-state index contributed by atoms with van der Waals surface area (Å²) in [6.45, 7) is 5.48. The molecule has 0 bridgehead atoms. The van der Waals surface area contributed by atoms with Gasteiger partial charge in [-0.2, -0.15) is 0 Å². The molecule has 2 nitrogen and oxygen atoms in total. The lowest BCUT2D eigenvalue weighted by Gasteiger charge is -2.06. The molecule has 0 aliphatic heterocycles. The highest BCUT2D eigenvalue weighted by atomic mass is 16.3. The molecule has 1 aromatic heterocycles. The zero-order valence-corrected chi connectivity index (χ0v) is 7.20. The second-order valence-electron chi connectivity index (χ2n) is 2.77. The second kappa shape index (κ2) is 4.02. The molecule has 0 aliphatic rings. The minimum Gasteiger partial charge on any atom is -0.388 e. The molecular weight excluding hydrogens is 150 g/mol. The van der Waals surface area contributed by atoms with Gasteiger partial charge in [-0.15, -0.1) is 6.58 Å². The largest absolute Gasteiger partial charge is 0.388 e. The Bertz CT molecular complexity index is 253. The first-order chi connectivity index (χ1) is 5.74. The molecule has 64 valence electrons. The molecule has 12 heavy (non-hydrogen) atoms. The minimum absolute atomic E-state index is 0.462. The van der Waals surface area contributed by atoms with Crippen molar-refractivity contribution in [3.05, 3.63) is 42.2 Å². The molecule has 1 N–H and O–H groups in total. The molecule has 0 unspecified atom stereocenters. The lowest BCUT2D eigenvalue weighted by molar-refractivity contribution is 0.181. The predicted octanol–water partition coefficient (Wildman–Crippen LogP) is 2.00. The highest BCUT2D eigenvalue weighted by Gasteiger charge is 2.04. The third kappa shape index (κ3) is 2.17. The monoisotopic (exact) mass is 163 g/mol. The van der Waals surface area contributed by atoms with Crippen LogP contribution < -0.4 is 0 Å². The van der Waals surface area contributed by atoms with E-state index in [1.54, 1.807) is 12.3 Å². The van der Waals surface area contributed by atoms with E-state index in [2.05, 4.69) is 11.6 Å². The Balaban J connectivity index is 2.74. The molecule has 0 saturated heterocycles. The number of aliphatic hydroxyl groups excluding tert-OH is 1. The number of aliphatic hydroxyl groups is 1. The smallest absolute Gasteiger partial charge is 0.0839 e. The summed E-state index contributed by atoms with van der Waals surface area (Å²) < 4.78 is 0. The van der Waals surface area contributed by atoms with Crippen LogP contribution in [-0.4, -0.2) is 10.1 Å². The molecule has 0 fully saturated rings. The van der Waals surface area contributed by atoms with E-state index in [4.69, 9.17) is 0 Å². The summed E-state index contributed by atoms with van der Waals surface area (Å²) in [5.41, 5.74) is 1.81. The lowest BCUT2D eigenvalue weighted by atomic mass is 10.1. The van der Waals surface area contributed by atoms with E-state index >= 15 is 0 Å². The number of nitrogens with zero attached hydrogens (tertiary/aromatic N) is 1. The molecule has 0 amide bonds. The number of pyridine rings is 1. The first-order valence-corrected chi connectivity index (χ1v) is 3.95. The lowest BCUT2D eigenvalue weighted by Crippen LogP contribution is -1.96. The van der Waals surface area contributed by atoms with Crippen LogP contribution in [0.1, 0.15) is 23.8 Å². The number of hydrogen-bond acceptors (Lipinski definition) is 2. The molecule has 1 atom stereocenters. The van der Waals surface area contributed by atoms with E-state index in [1.165, 1.54) is 0 Å². The Hall–Kier alpha value is -1.15. The third-order valence-electron chi connectivity index (χ3n) is 1.71. The zero-order valence-electron chi connectivity index (χ0n) is 7.20. The molecular formula is C10H13NO. The van der Waals surface area contributed by atoms with Gasteiger partial charge in [0.15, 0.2) is 0 Å². The summed E-state index contributed by atoms with van der Waals surface area (Å²) in [5.74, 6) is 0. The molecule has 0 spiro atoms. The van der Waals surface area contributed by atoms with E-state index in [9.17, 15) is 5.11 Å². The SMILES string of the molecule is C=CC[C@@H](O)c1ccc(C)nc1. The van der Waals surface area contributed by atoms with E-state index in [0.717, 1.165) is 11.3 Å². The van der Waals surface area contributed by atoms with Crippen LogP contribution in [-0.2, 0) is 0 Å². The van der Waals surface area contributed by atoms with Gasteiger partial charge in [0.1, 0.15) is 0 Å². The summed E-state index contributed by atoms with van der Waals surface area (Å²) in [4.78, 5) is 4.09. The van der Waals surface area contributed by atoms with Crippen LogP contribution in [0.25, 0.3) is 0 Å². The van der Waals surface area contributed by atoms with E-state index in [0.29, 0.717) is 6.42 Å². The summed E-state index contributed by atoms with van der Waals surface area (Å²) in [5, 5.41) is 9.50. The van der Waals surface area contributed by atoms with Crippen molar-refractivity contribution in [3.63, 3.8) is 0 Å². The quantitative estimate of drug-likeness (QED) is 0.691. The normalized spacial score (nSPS) is 12.5. The Morgan fingerprint density at radius 3 is 2.92 bits per heavy atom. The molecule has 2 heteroatoms. The van der Waals surface area contributed by atoms with Crippen LogP contribution in [0.15, 0.2) is 31.0 Å². The maximum Gasteiger partial charge on any atom is 0.0839 e. The van der Waals surface area contributed by atoms with E-state index < -0.39 is 6.10 Å². The third-order valence-corrected chi connectivity index (χ3v) is 1.71. The summed E-state index contributed by atoms with van der Waals surface area (Å²) >= 11 is 0. The van der Waals surface area contributed by atoms with Crippen LogP contribution in [0.4, 0.5) is 0 Å². The van der Waals surface area contributed by atoms with Crippen molar-refractivity contribution >= 4 is 0 Å². The van der Waals surface area contributed by atoms with Crippen molar-refractivity contribution in [3.8, 4) is 0 Å². The van der Waals surface area contributed by atoms with Crippen LogP contribution in [0.5, 0.6) is 0 Å². The van der Waals surface area contributed by atoms with Crippen molar-refractivity contribution in [1.29, 1.82) is 0 Å². The van der Waals surface area contributed by atoms with Gasteiger partial charge in [0.25, 0.3) is 0 Å².